The van der Waals surface area contributed by atoms with Crippen molar-refractivity contribution in [3.05, 3.63) is 75.7 Å². The van der Waals surface area contributed by atoms with Gasteiger partial charge in [-0.1, -0.05) is 35.9 Å². The Balaban J connectivity index is 1.92. The Morgan fingerprint density at radius 3 is 2.70 bits per heavy atom. The van der Waals surface area contributed by atoms with Crippen molar-refractivity contribution in [3.8, 4) is 5.75 Å². The van der Waals surface area contributed by atoms with Crippen LogP contribution >= 0.6 is 27.5 Å². The number of hydrogen-bond donors (Lipinski definition) is 2. The number of hydrogen-bond acceptors (Lipinski definition) is 4. The smallest absolute Gasteiger partial charge is 0.329 e. The fourth-order valence-electron chi connectivity index (χ4n) is 1.95. The second-order valence-electron chi connectivity index (χ2n) is 5.27. The van der Waals surface area contributed by atoms with Gasteiger partial charge in [0.25, 0.3) is 0 Å². The van der Waals surface area contributed by atoms with Crippen LogP contribution in [-0.4, -0.2) is 24.6 Å². The molecule has 140 valence electrons. The maximum atomic E-state index is 11.5. The lowest BCUT2D eigenvalue weighted by Crippen LogP contribution is -2.37. The topological polar surface area (TPSA) is 79.8 Å². The van der Waals surface area contributed by atoms with E-state index in [-0.39, 0.29) is 6.54 Å². The fourth-order valence-corrected chi connectivity index (χ4v) is 2.65. The summed E-state index contributed by atoms with van der Waals surface area (Å²) in [4.78, 5) is 22.9. The highest BCUT2D eigenvalue weighted by molar-refractivity contribution is 9.10. The first-order chi connectivity index (χ1) is 13.0. The summed E-state index contributed by atoms with van der Waals surface area (Å²) in [6.07, 6.45) is 2.89. The van der Waals surface area contributed by atoms with E-state index < -0.39 is 11.8 Å². The molecule has 2 aromatic rings. The zero-order chi connectivity index (χ0) is 19.6. The summed E-state index contributed by atoms with van der Waals surface area (Å²) in [5, 5.41) is 6.75. The predicted octanol–water partition coefficient (Wildman–Crippen LogP) is 3.43. The van der Waals surface area contributed by atoms with E-state index in [9.17, 15) is 9.59 Å². The largest absolute Gasteiger partial charge is 0.488 e. The van der Waals surface area contributed by atoms with Crippen molar-refractivity contribution in [2.75, 3.05) is 6.54 Å². The van der Waals surface area contributed by atoms with Crippen molar-refractivity contribution < 1.29 is 14.3 Å². The third-order valence-corrected chi connectivity index (χ3v) is 4.28. The third kappa shape index (κ3) is 6.54. The second-order valence-corrected chi connectivity index (χ2v) is 6.53. The van der Waals surface area contributed by atoms with E-state index in [2.05, 4.69) is 38.4 Å². The summed E-state index contributed by atoms with van der Waals surface area (Å²) < 4.78 is 6.48. The molecule has 0 aliphatic rings. The van der Waals surface area contributed by atoms with Gasteiger partial charge in [-0.3, -0.25) is 9.59 Å². The molecule has 2 N–H and O–H groups in total. The summed E-state index contributed by atoms with van der Waals surface area (Å²) in [6.45, 7) is 3.99. The Morgan fingerprint density at radius 1 is 1.22 bits per heavy atom. The van der Waals surface area contributed by atoms with E-state index in [0.29, 0.717) is 27.4 Å². The molecule has 8 heteroatoms. The number of amides is 2. The maximum Gasteiger partial charge on any atom is 0.329 e. The minimum atomic E-state index is -0.855. The van der Waals surface area contributed by atoms with Gasteiger partial charge in [-0.15, -0.1) is 6.58 Å². The SMILES string of the molecule is C=CCNC(=O)C(=O)N/N=C\c1ccc(OCc2ccccc2Cl)c(Br)c1. The highest BCUT2D eigenvalue weighted by Gasteiger charge is 2.10. The van der Waals surface area contributed by atoms with Crippen molar-refractivity contribution in [1.82, 2.24) is 10.7 Å². The monoisotopic (exact) mass is 449 g/mol. The van der Waals surface area contributed by atoms with Gasteiger partial charge < -0.3 is 10.1 Å². The zero-order valence-corrected chi connectivity index (χ0v) is 16.6. The van der Waals surface area contributed by atoms with Gasteiger partial charge in [0, 0.05) is 17.1 Å². The van der Waals surface area contributed by atoms with Gasteiger partial charge in [0.2, 0.25) is 0 Å². The van der Waals surface area contributed by atoms with Crippen LogP contribution in [0.25, 0.3) is 0 Å². The molecule has 2 amide bonds. The predicted molar refractivity (Wildman–Crippen MR) is 109 cm³/mol. The Morgan fingerprint density at radius 2 is 2.00 bits per heavy atom. The Bertz CT molecular complexity index is 871. The molecule has 0 aliphatic carbocycles. The van der Waals surface area contributed by atoms with E-state index >= 15 is 0 Å². The number of rotatable bonds is 7. The molecular weight excluding hydrogens is 434 g/mol. The fraction of sp³-hybridized carbons (Fsp3) is 0.105. The minimum absolute atomic E-state index is 0.207. The molecule has 0 atom stereocenters. The van der Waals surface area contributed by atoms with E-state index in [4.69, 9.17) is 16.3 Å². The van der Waals surface area contributed by atoms with Crippen LogP contribution < -0.4 is 15.5 Å². The molecule has 0 saturated carbocycles. The molecule has 0 bridgehead atoms. The van der Waals surface area contributed by atoms with Gasteiger partial charge in [0.05, 0.1) is 10.7 Å². The van der Waals surface area contributed by atoms with Crippen molar-refractivity contribution >= 4 is 45.6 Å². The van der Waals surface area contributed by atoms with Gasteiger partial charge in [0.15, 0.2) is 0 Å². The first-order valence-corrected chi connectivity index (χ1v) is 9.06. The molecule has 0 radical (unpaired) electrons. The quantitative estimate of drug-likeness (QED) is 0.293. The number of nitrogens with one attached hydrogen (secondary N) is 2. The zero-order valence-electron chi connectivity index (χ0n) is 14.2. The van der Waals surface area contributed by atoms with Crippen LogP contribution in [0.15, 0.2) is 64.7 Å². The van der Waals surface area contributed by atoms with Gasteiger partial charge in [0.1, 0.15) is 12.4 Å². The van der Waals surface area contributed by atoms with Gasteiger partial charge >= 0.3 is 11.8 Å². The molecular formula is C19H17BrClN3O3. The van der Waals surface area contributed by atoms with E-state index in [1.54, 1.807) is 24.3 Å². The second kappa shape index (κ2) is 10.5. The molecule has 0 aliphatic heterocycles. The molecule has 0 aromatic heterocycles. The average molecular weight is 451 g/mol. The van der Waals surface area contributed by atoms with E-state index in [1.807, 2.05) is 18.2 Å². The summed E-state index contributed by atoms with van der Waals surface area (Å²) in [6, 6.07) is 12.8. The van der Waals surface area contributed by atoms with Crippen LogP contribution in [0, 0.1) is 0 Å². The van der Waals surface area contributed by atoms with Crippen LogP contribution in [0.4, 0.5) is 0 Å². The summed E-state index contributed by atoms with van der Waals surface area (Å²) in [5.74, 6) is -0.997. The number of carbonyl (C=O) groups is 2. The first kappa shape index (κ1) is 20.7. The number of hydrazone groups is 1. The van der Waals surface area contributed by atoms with E-state index in [0.717, 1.165) is 5.56 Å². The number of benzene rings is 2. The van der Waals surface area contributed by atoms with Crippen molar-refractivity contribution in [2.45, 2.75) is 6.61 Å². The molecule has 2 aromatic carbocycles. The van der Waals surface area contributed by atoms with Gasteiger partial charge in [-0.25, -0.2) is 5.43 Å². The molecule has 6 nitrogen and oxygen atoms in total. The van der Waals surface area contributed by atoms with Crippen LogP contribution in [0.1, 0.15) is 11.1 Å². The Hall–Kier alpha value is -2.64. The number of halogens is 2. The maximum absolute atomic E-state index is 11.5. The first-order valence-electron chi connectivity index (χ1n) is 7.89. The summed E-state index contributed by atoms with van der Waals surface area (Å²) >= 11 is 9.54. The third-order valence-electron chi connectivity index (χ3n) is 3.29. The van der Waals surface area contributed by atoms with Gasteiger partial charge in [-0.2, -0.15) is 5.10 Å². The van der Waals surface area contributed by atoms with Crippen LogP contribution in [0.2, 0.25) is 5.02 Å². The minimum Gasteiger partial charge on any atom is -0.488 e. The van der Waals surface area contributed by atoms with Crippen molar-refractivity contribution in [2.24, 2.45) is 5.10 Å². The highest BCUT2D eigenvalue weighted by atomic mass is 79.9. The summed E-state index contributed by atoms with van der Waals surface area (Å²) in [5.41, 5.74) is 3.74. The van der Waals surface area contributed by atoms with Gasteiger partial charge in [-0.05, 0) is 45.8 Å². The lowest BCUT2D eigenvalue weighted by atomic mass is 10.2. The normalized spacial score (nSPS) is 10.4. The lowest BCUT2D eigenvalue weighted by molar-refractivity contribution is -0.139. The molecule has 2 rings (SSSR count). The molecule has 27 heavy (non-hydrogen) atoms. The Kier molecular flexibility index (Phi) is 8.03. The van der Waals surface area contributed by atoms with Crippen LogP contribution in [0.5, 0.6) is 5.75 Å². The number of nitrogens with zero attached hydrogens (tertiary/aromatic N) is 1. The number of ether oxygens (including phenoxy) is 1. The highest BCUT2D eigenvalue weighted by Crippen LogP contribution is 2.27. The molecule has 0 spiro atoms. The van der Waals surface area contributed by atoms with Crippen LogP contribution in [-0.2, 0) is 16.2 Å². The molecule has 0 heterocycles. The molecule has 0 saturated heterocycles. The number of carbonyl (C=O) groups excluding carboxylic acids is 2. The van der Waals surface area contributed by atoms with Crippen molar-refractivity contribution in [1.29, 1.82) is 0 Å². The van der Waals surface area contributed by atoms with Crippen molar-refractivity contribution in [3.63, 3.8) is 0 Å². The Labute approximate surface area is 170 Å². The summed E-state index contributed by atoms with van der Waals surface area (Å²) in [7, 11) is 0. The molecule has 0 unspecified atom stereocenters. The van der Waals surface area contributed by atoms with Crippen LogP contribution in [0.3, 0.4) is 0 Å². The lowest BCUT2D eigenvalue weighted by Gasteiger charge is -2.10. The molecule has 0 fully saturated rings. The standard InChI is InChI=1S/C19H17BrClN3O3/c1-2-9-22-18(25)19(26)24-23-11-13-7-8-17(15(20)10-13)27-12-14-5-3-4-6-16(14)21/h2-8,10-11H,1,9,12H2,(H,22,25)(H,24,26)/b23-11-. The average Bonchev–Trinajstić information content (AvgIpc) is 2.66. The van der Waals surface area contributed by atoms with E-state index in [1.165, 1.54) is 12.3 Å².